The first kappa shape index (κ1) is 13.5. The molecular formula is C16H18N4O2. The summed E-state index contributed by atoms with van der Waals surface area (Å²) in [5.74, 6) is 0.595. The number of hydrogen-bond donors (Lipinski definition) is 1. The van der Waals surface area contributed by atoms with Crippen molar-refractivity contribution in [1.82, 2.24) is 10.3 Å². The minimum Gasteiger partial charge on any atom is -0.366 e. The highest BCUT2D eigenvalue weighted by atomic mass is 16.6. The van der Waals surface area contributed by atoms with Crippen LogP contribution in [0.4, 0.5) is 11.4 Å². The summed E-state index contributed by atoms with van der Waals surface area (Å²) in [6.45, 7) is 2.82. The summed E-state index contributed by atoms with van der Waals surface area (Å²) in [5.41, 5.74) is 1.60. The second kappa shape index (κ2) is 5.21. The van der Waals surface area contributed by atoms with Crippen molar-refractivity contribution < 1.29 is 4.92 Å². The van der Waals surface area contributed by atoms with E-state index in [0.29, 0.717) is 22.9 Å². The van der Waals surface area contributed by atoms with Crippen molar-refractivity contribution >= 4 is 22.3 Å². The van der Waals surface area contributed by atoms with Crippen LogP contribution >= 0.6 is 0 Å². The van der Waals surface area contributed by atoms with Gasteiger partial charge in [0, 0.05) is 25.3 Å². The number of nitro benzene ring substituents is 1. The fourth-order valence-corrected chi connectivity index (χ4v) is 3.84. The molecule has 0 spiro atoms. The average Bonchev–Trinajstić information content (AvgIpc) is 3.01. The van der Waals surface area contributed by atoms with Crippen LogP contribution in [0.2, 0.25) is 0 Å². The fraction of sp³-hybridized carbons (Fsp3) is 0.438. The van der Waals surface area contributed by atoms with E-state index < -0.39 is 0 Å². The van der Waals surface area contributed by atoms with Gasteiger partial charge in [-0.25, -0.2) is 0 Å². The van der Waals surface area contributed by atoms with Crippen molar-refractivity contribution in [2.24, 2.45) is 5.92 Å². The van der Waals surface area contributed by atoms with Crippen molar-refractivity contribution in [2.75, 3.05) is 24.5 Å². The SMILES string of the molecule is O=[N+]([O-])c1c(N2CCC3NCCC3C2)ccc2ncccc12. The number of benzene rings is 1. The van der Waals surface area contributed by atoms with E-state index in [0.717, 1.165) is 38.2 Å². The molecule has 0 radical (unpaired) electrons. The van der Waals surface area contributed by atoms with E-state index >= 15 is 0 Å². The topological polar surface area (TPSA) is 71.3 Å². The predicted octanol–water partition coefficient (Wildman–Crippen LogP) is 2.33. The van der Waals surface area contributed by atoms with E-state index in [1.807, 2.05) is 12.1 Å². The molecule has 2 atom stereocenters. The van der Waals surface area contributed by atoms with E-state index in [1.54, 1.807) is 18.3 Å². The van der Waals surface area contributed by atoms with Crippen molar-refractivity contribution in [1.29, 1.82) is 0 Å². The van der Waals surface area contributed by atoms with Crippen molar-refractivity contribution in [2.45, 2.75) is 18.9 Å². The number of fused-ring (bicyclic) bond motifs is 2. The van der Waals surface area contributed by atoms with Crippen LogP contribution in [0.5, 0.6) is 0 Å². The average molecular weight is 298 g/mol. The molecule has 2 aliphatic rings. The smallest absolute Gasteiger partial charge is 0.301 e. The van der Waals surface area contributed by atoms with Gasteiger partial charge >= 0.3 is 5.69 Å². The quantitative estimate of drug-likeness (QED) is 0.680. The minimum atomic E-state index is -0.266. The summed E-state index contributed by atoms with van der Waals surface area (Å²) in [5, 5.41) is 15.8. The third-order valence-corrected chi connectivity index (χ3v) is 4.91. The lowest BCUT2D eigenvalue weighted by Gasteiger charge is -2.36. The number of pyridine rings is 1. The predicted molar refractivity (Wildman–Crippen MR) is 85.1 cm³/mol. The summed E-state index contributed by atoms with van der Waals surface area (Å²) in [6.07, 6.45) is 3.87. The van der Waals surface area contributed by atoms with Crippen LogP contribution < -0.4 is 10.2 Å². The molecule has 1 N–H and O–H groups in total. The number of nitrogens with zero attached hydrogens (tertiary/aromatic N) is 3. The Morgan fingerprint density at radius 3 is 3.09 bits per heavy atom. The molecule has 2 aromatic rings. The first-order valence-electron chi connectivity index (χ1n) is 7.74. The molecule has 4 rings (SSSR count). The number of hydrogen-bond acceptors (Lipinski definition) is 5. The maximum absolute atomic E-state index is 11.6. The lowest BCUT2D eigenvalue weighted by atomic mass is 9.92. The summed E-state index contributed by atoms with van der Waals surface area (Å²) in [6, 6.07) is 7.87. The highest BCUT2D eigenvalue weighted by molar-refractivity contribution is 5.94. The van der Waals surface area contributed by atoms with Crippen LogP contribution in [0.15, 0.2) is 30.5 Å². The lowest BCUT2D eigenvalue weighted by Crippen LogP contribution is -2.44. The molecule has 6 heteroatoms. The highest BCUT2D eigenvalue weighted by Crippen LogP contribution is 2.38. The van der Waals surface area contributed by atoms with Crippen LogP contribution in [-0.2, 0) is 0 Å². The normalized spacial score (nSPS) is 24.5. The van der Waals surface area contributed by atoms with Crippen molar-refractivity contribution in [3.05, 3.63) is 40.6 Å². The highest BCUT2D eigenvalue weighted by Gasteiger charge is 2.35. The molecule has 0 bridgehead atoms. The first-order valence-corrected chi connectivity index (χ1v) is 7.74. The first-order chi connectivity index (χ1) is 10.7. The minimum absolute atomic E-state index is 0.190. The van der Waals surface area contributed by atoms with Crippen LogP contribution in [0.25, 0.3) is 10.9 Å². The Kier molecular flexibility index (Phi) is 3.18. The molecule has 3 heterocycles. The lowest BCUT2D eigenvalue weighted by molar-refractivity contribution is -0.382. The monoisotopic (exact) mass is 298 g/mol. The number of aromatic nitrogens is 1. The molecule has 114 valence electrons. The van der Waals surface area contributed by atoms with Gasteiger partial charge in [0.1, 0.15) is 5.69 Å². The Balaban J connectivity index is 1.78. The Hall–Kier alpha value is -2.21. The van der Waals surface area contributed by atoms with Crippen molar-refractivity contribution in [3.63, 3.8) is 0 Å². The largest absolute Gasteiger partial charge is 0.366 e. The number of piperidine rings is 1. The summed E-state index contributed by atoms with van der Waals surface area (Å²) in [4.78, 5) is 17.8. The Morgan fingerprint density at radius 2 is 2.23 bits per heavy atom. The van der Waals surface area contributed by atoms with Gasteiger partial charge in [0.05, 0.1) is 15.8 Å². The summed E-state index contributed by atoms with van der Waals surface area (Å²) < 4.78 is 0. The Labute approximate surface area is 128 Å². The zero-order valence-corrected chi connectivity index (χ0v) is 12.2. The van der Waals surface area contributed by atoms with Crippen LogP contribution in [0, 0.1) is 16.0 Å². The van der Waals surface area contributed by atoms with E-state index in [2.05, 4.69) is 15.2 Å². The van der Waals surface area contributed by atoms with E-state index in [9.17, 15) is 10.1 Å². The van der Waals surface area contributed by atoms with Gasteiger partial charge in [-0.05, 0) is 49.6 Å². The molecule has 2 saturated heterocycles. The van der Waals surface area contributed by atoms with Gasteiger partial charge in [-0.3, -0.25) is 15.1 Å². The van der Waals surface area contributed by atoms with Crippen LogP contribution in [0.3, 0.4) is 0 Å². The van der Waals surface area contributed by atoms with E-state index in [1.165, 1.54) is 0 Å². The maximum atomic E-state index is 11.6. The maximum Gasteiger partial charge on any atom is 0.301 e. The van der Waals surface area contributed by atoms with Gasteiger partial charge < -0.3 is 10.2 Å². The van der Waals surface area contributed by atoms with Crippen LogP contribution in [-0.4, -0.2) is 35.6 Å². The van der Waals surface area contributed by atoms with Crippen molar-refractivity contribution in [3.8, 4) is 0 Å². The van der Waals surface area contributed by atoms with Gasteiger partial charge in [-0.1, -0.05) is 0 Å². The number of anilines is 1. The Bertz CT molecular complexity index is 733. The third-order valence-electron chi connectivity index (χ3n) is 4.91. The molecule has 2 fully saturated rings. The molecule has 2 unspecified atom stereocenters. The second-order valence-corrected chi connectivity index (χ2v) is 6.10. The van der Waals surface area contributed by atoms with Gasteiger partial charge in [0.15, 0.2) is 0 Å². The zero-order chi connectivity index (χ0) is 15.1. The fourth-order valence-electron chi connectivity index (χ4n) is 3.84. The summed E-state index contributed by atoms with van der Waals surface area (Å²) in [7, 11) is 0. The summed E-state index contributed by atoms with van der Waals surface area (Å²) >= 11 is 0. The third kappa shape index (κ3) is 2.11. The van der Waals surface area contributed by atoms with E-state index in [-0.39, 0.29) is 10.6 Å². The molecule has 2 aliphatic heterocycles. The second-order valence-electron chi connectivity index (χ2n) is 6.10. The van der Waals surface area contributed by atoms with E-state index in [4.69, 9.17) is 0 Å². The molecule has 1 aromatic heterocycles. The molecule has 6 nitrogen and oxygen atoms in total. The Morgan fingerprint density at radius 1 is 1.32 bits per heavy atom. The standard InChI is InChI=1S/C16H18N4O2/c21-20(22)16-12-2-1-7-17-14(12)3-4-15(16)19-9-6-13-11(10-19)5-8-18-13/h1-4,7,11,13,18H,5-6,8-10H2. The van der Waals surface area contributed by atoms with Gasteiger partial charge in [0.2, 0.25) is 0 Å². The van der Waals surface area contributed by atoms with Gasteiger partial charge in [-0.2, -0.15) is 0 Å². The molecular weight excluding hydrogens is 280 g/mol. The van der Waals surface area contributed by atoms with Gasteiger partial charge in [0.25, 0.3) is 0 Å². The number of nitrogens with one attached hydrogen (secondary N) is 1. The molecule has 1 aromatic carbocycles. The van der Waals surface area contributed by atoms with Crippen LogP contribution in [0.1, 0.15) is 12.8 Å². The molecule has 0 saturated carbocycles. The molecule has 22 heavy (non-hydrogen) atoms. The van der Waals surface area contributed by atoms with Gasteiger partial charge in [-0.15, -0.1) is 0 Å². The molecule has 0 amide bonds. The number of nitro groups is 1. The zero-order valence-electron chi connectivity index (χ0n) is 12.2. The molecule has 0 aliphatic carbocycles. The number of rotatable bonds is 2.